The van der Waals surface area contributed by atoms with Crippen molar-refractivity contribution < 1.29 is 0 Å². The first-order chi connectivity index (χ1) is 16.3. The van der Waals surface area contributed by atoms with Crippen molar-refractivity contribution in [1.82, 2.24) is 24.1 Å². The number of nitrogens with one attached hydrogen (secondary N) is 1. The number of benzene rings is 3. The minimum Gasteiger partial charge on any atom is -0.337 e. The van der Waals surface area contributed by atoms with Crippen LogP contribution in [0.4, 0.5) is 0 Å². The van der Waals surface area contributed by atoms with E-state index in [1.54, 1.807) is 0 Å². The van der Waals surface area contributed by atoms with Crippen LogP contribution in [0.5, 0.6) is 0 Å². The van der Waals surface area contributed by atoms with Crippen molar-refractivity contribution in [3.05, 3.63) is 104 Å². The summed E-state index contributed by atoms with van der Waals surface area (Å²) in [5, 5.41) is 1.16. The van der Waals surface area contributed by atoms with Crippen LogP contribution in [0.1, 0.15) is 6.92 Å². The van der Waals surface area contributed by atoms with Crippen molar-refractivity contribution in [3.8, 4) is 39.7 Å². The summed E-state index contributed by atoms with van der Waals surface area (Å²) in [4.78, 5) is 13.2. The number of aromatic nitrogens is 5. The molecule has 3 aromatic carbocycles. The average Bonchev–Trinajstić information content (AvgIpc) is 3.62. The van der Waals surface area contributed by atoms with E-state index in [4.69, 9.17) is 4.98 Å². The third-order valence-electron chi connectivity index (χ3n) is 6.06. The Morgan fingerprint density at radius 3 is 2.21 bits per heavy atom. The lowest BCUT2D eigenvalue weighted by Gasteiger charge is -2.10. The smallest absolute Gasteiger partial charge is 0.142 e. The second kappa shape index (κ2) is 7.95. The van der Waals surface area contributed by atoms with Crippen LogP contribution in [0.2, 0.25) is 0 Å². The van der Waals surface area contributed by atoms with Crippen LogP contribution >= 0.6 is 0 Å². The van der Waals surface area contributed by atoms with Gasteiger partial charge in [0.05, 0.1) is 22.5 Å². The Bertz CT molecular complexity index is 1470. The normalized spacial score (nSPS) is 11.3. The van der Waals surface area contributed by atoms with E-state index >= 15 is 0 Å². The quantitative estimate of drug-likeness (QED) is 0.337. The Kier molecular flexibility index (Phi) is 4.65. The zero-order valence-corrected chi connectivity index (χ0v) is 18.3. The summed E-state index contributed by atoms with van der Waals surface area (Å²) in [7, 11) is 0. The summed E-state index contributed by atoms with van der Waals surface area (Å²) in [6.07, 6.45) is 5.65. The van der Waals surface area contributed by atoms with Gasteiger partial charge in [-0.25, -0.2) is 9.97 Å². The molecular formula is C28H23N5. The Morgan fingerprint density at radius 1 is 0.818 bits per heavy atom. The maximum Gasteiger partial charge on any atom is 0.142 e. The van der Waals surface area contributed by atoms with Gasteiger partial charge >= 0.3 is 0 Å². The second-order valence-electron chi connectivity index (χ2n) is 7.97. The highest BCUT2D eigenvalue weighted by Gasteiger charge is 2.23. The zero-order chi connectivity index (χ0) is 22.2. The number of H-pyrrole nitrogens is 1. The van der Waals surface area contributed by atoms with Crippen molar-refractivity contribution in [2.24, 2.45) is 0 Å². The fourth-order valence-electron chi connectivity index (χ4n) is 4.61. The summed E-state index contributed by atoms with van der Waals surface area (Å²) in [5.74, 6) is 1.91. The number of fused-ring (bicyclic) bond motifs is 1. The second-order valence-corrected chi connectivity index (χ2v) is 7.97. The standard InChI is InChI=1S/C28H23N5/c1-2-33-23-16-10-9-15-22(23)24(28(33)32-18-17-29-19-32)27-30-25(20-11-5-3-6-12-20)26(31-27)21-13-7-4-8-14-21/h3-19H,2H2,1H3,(H,30,31). The number of aryl methyl sites for hydroxylation is 1. The number of hydrogen-bond acceptors (Lipinski definition) is 2. The van der Waals surface area contributed by atoms with E-state index in [1.807, 2.05) is 30.9 Å². The number of nitrogens with zero attached hydrogens (tertiary/aromatic N) is 4. The van der Waals surface area contributed by atoms with E-state index in [2.05, 4.69) is 98.8 Å². The molecular weight excluding hydrogens is 406 g/mol. The summed E-state index contributed by atoms with van der Waals surface area (Å²) in [5.41, 5.74) is 6.41. The van der Waals surface area contributed by atoms with Crippen molar-refractivity contribution in [2.75, 3.05) is 0 Å². The molecule has 6 rings (SSSR count). The van der Waals surface area contributed by atoms with E-state index < -0.39 is 0 Å². The predicted octanol–water partition coefficient (Wildman–Crippen LogP) is 6.57. The fourth-order valence-corrected chi connectivity index (χ4v) is 4.61. The SMILES string of the molecule is CCn1c(-n2ccnc2)c(-c2nc(-c3ccccc3)c(-c3ccccc3)[nH]2)c2ccccc21. The van der Waals surface area contributed by atoms with Crippen LogP contribution in [0.3, 0.4) is 0 Å². The molecule has 160 valence electrons. The topological polar surface area (TPSA) is 51.4 Å². The van der Waals surface area contributed by atoms with E-state index in [9.17, 15) is 0 Å². The number of para-hydroxylation sites is 1. The molecule has 0 amide bonds. The van der Waals surface area contributed by atoms with Gasteiger partial charge in [-0.15, -0.1) is 0 Å². The average molecular weight is 430 g/mol. The third kappa shape index (κ3) is 3.17. The molecule has 0 saturated heterocycles. The van der Waals surface area contributed by atoms with Crippen molar-refractivity contribution in [1.29, 1.82) is 0 Å². The third-order valence-corrected chi connectivity index (χ3v) is 6.06. The van der Waals surface area contributed by atoms with Crippen LogP contribution in [-0.4, -0.2) is 24.1 Å². The molecule has 0 atom stereocenters. The van der Waals surface area contributed by atoms with Gasteiger partial charge in [0.25, 0.3) is 0 Å². The maximum absolute atomic E-state index is 5.19. The molecule has 0 aliphatic rings. The Balaban J connectivity index is 1.68. The summed E-state index contributed by atoms with van der Waals surface area (Å²) >= 11 is 0. The Morgan fingerprint density at radius 2 is 1.52 bits per heavy atom. The number of rotatable bonds is 5. The molecule has 3 aromatic heterocycles. The van der Waals surface area contributed by atoms with Gasteiger partial charge in [-0.2, -0.15) is 0 Å². The van der Waals surface area contributed by atoms with Crippen LogP contribution in [-0.2, 0) is 6.54 Å². The van der Waals surface area contributed by atoms with Crippen LogP contribution in [0.25, 0.3) is 50.6 Å². The summed E-state index contributed by atoms with van der Waals surface area (Å²) in [6, 6.07) is 29.3. The molecule has 0 bridgehead atoms. The molecule has 0 unspecified atom stereocenters. The fraction of sp³-hybridized carbons (Fsp3) is 0.0714. The molecule has 33 heavy (non-hydrogen) atoms. The Hall–Kier alpha value is -4.38. The van der Waals surface area contributed by atoms with Crippen molar-refractivity contribution in [3.63, 3.8) is 0 Å². The van der Waals surface area contributed by atoms with Crippen molar-refractivity contribution in [2.45, 2.75) is 13.5 Å². The van der Waals surface area contributed by atoms with Gasteiger partial charge in [0.15, 0.2) is 0 Å². The van der Waals surface area contributed by atoms with Gasteiger partial charge in [-0.05, 0) is 13.0 Å². The molecule has 6 aromatic rings. The van der Waals surface area contributed by atoms with Gasteiger partial charge < -0.3 is 9.55 Å². The van der Waals surface area contributed by atoms with Crippen LogP contribution in [0, 0.1) is 0 Å². The highest BCUT2D eigenvalue weighted by molar-refractivity contribution is 6.00. The van der Waals surface area contributed by atoms with Gasteiger partial charge in [0.1, 0.15) is 18.0 Å². The monoisotopic (exact) mass is 429 g/mol. The first-order valence-electron chi connectivity index (χ1n) is 11.2. The number of aromatic amines is 1. The molecule has 0 saturated carbocycles. The van der Waals surface area contributed by atoms with Gasteiger partial charge in [0.2, 0.25) is 0 Å². The first-order valence-corrected chi connectivity index (χ1v) is 11.2. The number of imidazole rings is 2. The molecule has 5 nitrogen and oxygen atoms in total. The summed E-state index contributed by atoms with van der Waals surface area (Å²) in [6.45, 7) is 3.01. The number of hydrogen-bond donors (Lipinski definition) is 1. The maximum atomic E-state index is 5.19. The van der Waals surface area contributed by atoms with Crippen molar-refractivity contribution >= 4 is 10.9 Å². The largest absolute Gasteiger partial charge is 0.337 e. The molecule has 3 heterocycles. The molecule has 0 fully saturated rings. The zero-order valence-electron chi connectivity index (χ0n) is 18.3. The van der Waals surface area contributed by atoms with E-state index in [-0.39, 0.29) is 0 Å². The van der Waals surface area contributed by atoms with Gasteiger partial charge in [0, 0.05) is 35.5 Å². The van der Waals surface area contributed by atoms with E-state index in [1.165, 1.54) is 5.52 Å². The lowest BCUT2D eigenvalue weighted by Crippen LogP contribution is -2.04. The minimum atomic E-state index is 0.839. The molecule has 0 radical (unpaired) electrons. The molecule has 0 spiro atoms. The molecule has 1 N–H and O–H groups in total. The van der Waals surface area contributed by atoms with Gasteiger partial charge in [-0.1, -0.05) is 78.9 Å². The van der Waals surface area contributed by atoms with Crippen LogP contribution in [0.15, 0.2) is 104 Å². The first kappa shape index (κ1) is 19.3. The van der Waals surface area contributed by atoms with Crippen LogP contribution < -0.4 is 0 Å². The lowest BCUT2D eigenvalue weighted by molar-refractivity contribution is 0.756. The summed E-state index contributed by atoms with van der Waals surface area (Å²) < 4.78 is 4.39. The lowest BCUT2D eigenvalue weighted by atomic mass is 10.1. The molecule has 0 aliphatic heterocycles. The Labute approximate surface area is 192 Å². The van der Waals surface area contributed by atoms with Gasteiger partial charge in [-0.3, -0.25) is 4.57 Å². The predicted molar refractivity (Wildman–Crippen MR) is 133 cm³/mol. The molecule has 0 aliphatic carbocycles. The highest BCUT2D eigenvalue weighted by atomic mass is 15.2. The molecule has 5 heteroatoms. The van der Waals surface area contributed by atoms with E-state index in [0.29, 0.717) is 0 Å². The highest BCUT2D eigenvalue weighted by Crippen LogP contribution is 2.39. The van der Waals surface area contributed by atoms with E-state index in [0.717, 1.165) is 51.7 Å². The minimum absolute atomic E-state index is 0.839.